The lowest BCUT2D eigenvalue weighted by molar-refractivity contribution is 0.395. The van der Waals surface area contributed by atoms with Gasteiger partial charge < -0.3 is 5.32 Å². The lowest BCUT2D eigenvalue weighted by Gasteiger charge is -2.29. The molecule has 3 atom stereocenters. The van der Waals surface area contributed by atoms with Gasteiger partial charge in [-0.1, -0.05) is 38.7 Å². The summed E-state index contributed by atoms with van der Waals surface area (Å²) >= 11 is 1.63. The summed E-state index contributed by atoms with van der Waals surface area (Å²) in [4.78, 5) is 0. The Morgan fingerprint density at radius 1 is 1.32 bits per heavy atom. The molecular weight excluding hydrogens is 274 g/mol. The molecule has 1 saturated carbocycles. The summed E-state index contributed by atoms with van der Waals surface area (Å²) in [6.07, 6.45) is 8.58. The van der Waals surface area contributed by atoms with Gasteiger partial charge in [-0.05, 0) is 37.3 Å². The highest BCUT2D eigenvalue weighted by atomic mass is 32.2. The smallest absolute Gasteiger partial charge is 0.0914 e. The van der Waals surface area contributed by atoms with Crippen molar-refractivity contribution >= 4 is 22.1 Å². The van der Waals surface area contributed by atoms with E-state index in [2.05, 4.69) is 12.2 Å². The first-order valence-electron chi connectivity index (χ1n) is 7.50. The first kappa shape index (κ1) is 15.2. The summed E-state index contributed by atoms with van der Waals surface area (Å²) in [6.45, 7) is 3.24. The van der Waals surface area contributed by atoms with E-state index in [1.54, 1.807) is 11.3 Å². The van der Waals surface area contributed by atoms with Crippen LogP contribution in [0.25, 0.3) is 0 Å². The van der Waals surface area contributed by atoms with Gasteiger partial charge in [0.2, 0.25) is 0 Å². The first-order chi connectivity index (χ1) is 9.33. The number of thiophene rings is 1. The van der Waals surface area contributed by atoms with Crippen molar-refractivity contribution in [2.45, 2.75) is 67.4 Å². The quantitative estimate of drug-likeness (QED) is 0.892. The van der Waals surface area contributed by atoms with Gasteiger partial charge in [0.15, 0.2) is 0 Å². The second-order valence-electron chi connectivity index (χ2n) is 5.32. The van der Waals surface area contributed by atoms with Crippen LogP contribution in [0.3, 0.4) is 0 Å². The summed E-state index contributed by atoms with van der Waals surface area (Å²) in [6, 6.07) is 4.47. The van der Waals surface area contributed by atoms with E-state index < -0.39 is 10.8 Å². The zero-order valence-electron chi connectivity index (χ0n) is 11.8. The molecule has 3 unspecified atom stereocenters. The fourth-order valence-corrected chi connectivity index (χ4v) is 5.58. The van der Waals surface area contributed by atoms with Crippen molar-refractivity contribution in [2.75, 3.05) is 6.54 Å². The van der Waals surface area contributed by atoms with Gasteiger partial charge in [0.1, 0.15) is 0 Å². The second kappa shape index (κ2) is 8.18. The zero-order chi connectivity index (χ0) is 13.5. The Morgan fingerprint density at radius 2 is 2.11 bits per heavy atom. The molecule has 1 heterocycles. The minimum absolute atomic E-state index is 0.297. The van der Waals surface area contributed by atoms with Gasteiger partial charge in [-0.15, -0.1) is 11.3 Å². The molecular formula is C15H25NOS2. The Labute approximate surface area is 123 Å². The van der Waals surface area contributed by atoms with Crippen LogP contribution in [0.5, 0.6) is 0 Å². The molecule has 1 N–H and O–H groups in total. The molecule has 1 aromatic rings. The van der Waals surface area contributed by atoms with Crippen molar-refractivity contribution in [3.63, 3.8) is 0 Å². The molecule has 1 aliphatic carbocycles. The number of nitrogens with one attached hydrogen (secondary N) is 1. The highest BCUT2D eigenvalue weighted by Crippen LogP contribution is 2.27. The number of hydrogen-bond acceptors (Lipinski definition) is 3. The van der Waals surface area contributed by atoms with Crippen molar-refractivity contribution in [3.8, 4) is 0 Å². The van der Waals surface area contributed by atoms with Crippen molar-refractivity contribution in [3.05, 3.63) is 17.5 Å². The van der Waals surface area contributed by atoms with Crippen molar-refractivity contribution < 1.29 is 4.21 Å². The predicted molar refractivity (Wildman–Crippen MR) is 84.3 cm³/mol. The second-order valence-corrected chi connectivity index (χ2v) is 8.17. The topological polar surface area (TPSA) is 29.1 Å². The molecule has 4 heteroatoms. The molecule has 19 heavy (non-hydrogen) atoms. The summed E-state index contributed by atoms with van der Waals surface area (Å²) in [5.74, 6) is 0. The Balaban J connectivity index is 2.07. The van der Waals surface area contributed by atoms with E-state index in [4.69, 9.17) is 0 Å². The van der Waals surface area contributed by atoms with E-state index in [0.717, 1.165) is 23.6 Å². The average Bonchev–Trinajstić information content (AvgIpc) is 2.91. The van der Waals surface area contributed by atoms with Gasteiger partial charge in [-0.25, -0.2) is 0 Å². The minimum Gasteiger partial charge on any atom is -0.313 e. The van der Waals surface area contributed by atoms with Crippen LogP contribution in [0, 0.1) is 0 Å². The van der Waals surface area contributed by atoms with Gasteiger partial charge in [0.25, 0.3) is 0 Å². The SMILES string of the molecule is CCCNC1CCCCCCC1S(=O)c1cccs1. The molecule has 0 saturated heterocycles. The van der Waals surface area contributed by atoms with Crippen molar-refractivity contribution in [2.24, 2.45) is 0 Å². The Kier molecular flexibility index (Phi) is 6.54. The maximum atomic E-state index is 12.8. The summed E-state index contributed by atoms with van der Waals surface area (Å²) in [7, 11) is -0.835. The van der Waals surface area contributed by atoms with Gasteiger partial charge in [-0.3, -0.25) is 4.21 Å². The molecule has 1 fully saturated rings. The molecule has 0 aromatic carbocycles. The first-order valence-corrected chi connectivity index (χ1v) is 9.59. The van der Waals surface area contributed by atoms with Crippen LogP contribution in [-0.2, 0) is 10.8 Å². The predicted octanol–water partition coefficient (Wildman–Crippen LogP) is 3.95. The van der Waals surface area contributed by atoms with Crippen LogP contribution in [0.2, 0.25) is 0 Å². The molecule has 1 aromatic heterocycles. The molecule has 0 radical (unpaired) electrons. The highest BCUT2D eigenvalue weighted by Gasteiger charge is 2.28. The van der Waals surface area contributed by atoms with E-state index in [1.165, 1.54) is 32.1 Å². The van der Waals surface area contributed by atoms with Gasteiger partial charge in [0, 0.05) is 6.04 Å². The van der Waals surface area contributed by atoms with E-state index in [-0.39, 0.29) is 0 Å². The number of rotatable bonds is 5. The zero-order valence-corrected chi connectivity index (χ0v) is 13.4. The average molecular weight is 300 g/mol. The molecule has 0 amide bonds. The maximum Gasteiger partial charge on any atom is 0.0914 e. The third-order valence-electron chi connectivity index (χ3n) is 3.83. The lowest BCUT2D eigenvalue weighted by Crippen LogP contribution is -2.43. The van der Waals surface area contributed by atoms with Crippen LogP contribution < -0.4 is 5.32 Å². The summed E-state index contributed by atoms with van der Waals surface area (Å²) in [5, 5.41) is 5.97. The Bertz CT molecular complexity index is 376. The van der Waals surface area contributed by atoms with E-state index >= 15 is 0 Å². The monoisotopic (exact) mass is 299 g/mol. The van der Waals surface area contributed by atoms with E-state index in [1.807, 2.05) is 17.5 Å². The molecule has 0 spiro atoms. The van der Waals surface area contributed by atoms with E-state index in [0.29, 0.717) is 11.3 Å². The van der Waals surface area contributed by atoms with Crippen LogP contribution in [0.1, 0.15) is 51.9 Å². The Morgan fingerprint density at radius 3 is 2.79 bits per heavy atom. The standard InChI is InChI=1S/C15H25NOS2/c1-2-11-16-13-8-5-3-4-6-9-14(13)19(17)15-10-7-12-18-15/h7,10,12-14,16H,2-6,8-9,11H2,1H3. The van der Waals surface area contributed by atoms with Crippen molar-refractivity contribution in [1.29, 1.82) is 0 Å². The third-order valence-corrected chi connectivity index (χ3v) is 6.92. The maximum absolute atomic E-state index is 12.8. The Hall–Kier alpha value is -0.190. The number of hydrogen-bond donors (Lipinski definition) is 1. The third kappa shape index (κ3) is 4.40. The minimum atomic E-state index is -0.835. The van der Waals surface area contributed by atoms with E-state index in [9.17, 15) is 4.21 Å². The molecule has 1 aliphatic rings. The molecule has 108 valence electrons. The fourth-order valence-electron chi connectivity index (χ4n) is 2.80. The molecule has 2 rings (SSSR count). The van der Waals surface area contributed by atoms with Gasteiger partial charge in [-0.2, -0.15) is 0 Å². The molecule has 0 bridgehead atoms. The largest absolute Gasteiger partial charge is 0.313 e. The van der Waals surface area contributed by atoms with Crippen molar-refractivity contribution in [1.82, 2.24) is 5.32 Å². The van der Waals surface area contributed by atoms with Crippen LogP contribution in [0.15, 0.2) is 21.7 Å². The summed E-state index contributed by atoms with van der Waals surface area (Å²) in [5.41, 5.74) is 0. The molecule has 2 nitrogen and oxygen atoms in total. The highest BCUT2D eigenvalue weighted by molar-refractivity contribution is 7.88. The fraction of sp³-hybridized carbons (Fsp3) is 0.733. The molecule has 0 aliphatic heterocycles. The lowest BCUT2D eigenvalue weighted by atomic mass is 9.96. The summed E-state index contributed by atoms with van der Waals surface area (Å²) < 4.78 is 13.8. The van der Waals surface area contributed by atoms with Gasteiger partial charge in [0.05, 0.1) is 20.3 Å². The van der Waals surface area contributed by atoms with Crippen LogP contribution >= 0.6 is 11.3 Å². The van der Waals surface area contributed by atoms with Crippen LogP contribution in [0.4, 0.5) is 0 Å². The normalized spacial score (nSPS) is 26.6. The van der Waals surface area contributed by atoms with Gasteiger partial charge >= 0.3 is 0 Å². The van der Waals surface area contributed by atoms with Crippen LogP contribution in [-0.4, -0.2) is 22.0 Å².